The number of benzene rings is 1. The number of azide groups is 1. The van der Waals surface area contributed by atoms with E-state index < -0.39 is 24.2 Å². The Hall–Kier alpha value is -2.94. The number of aliphatic hydroxyl groups is 1. The highest BCUT2D eigenvalue weighted by atomic mass is 16.7. The van der Waals surface area contributed by atoms with Crippen LogP contribution in [0.15, 0.2) is 29.1 Å². The van der Waals surface area contributed by atoms with Crippen molar-refractivity contribution < 1.29 is 28.8 Å². The van der Waals surface area contributed by atoms with Gasteiger partial charge >= 0.3 is 5.97 Å². The van der Waals surface area contributed by atoms with Crippen LogP contribution >= 0.6 is 0 Å². The van der Waals surface area contributed by atoms with Crippen LogP contribution in [0.3, 0.4) is 0 Å². The van der Waals surface area contributed by atoms with E-state index in [0.29, 0.717) is 11.5 Å². The van der Waals surface area contributed by atoms with Crippen LogP contribution in [0.4, 0.5) is 0 Å². The van der Waals surface area contributed by atoms with Crippen molar-refractivity contribution in [3.63, 3.8) is 0 Å². The minimum absolute atomic E-state index is 0.184. The van der Waals surface area contributed by atoms with Crippen molar-refractivity contribution in [3.8, 4) is 11.5 Å². The molecule has 10 nitrogen and oxygen atoms in total. The average molecular weight is 442 g/mol. The van der Waals surface area contributed by atoms with E-state index >= 15 is 0 Å². The number of fused-ring (bicyclic) bond motifs is 3. The minimum atomic E-state index is -1.57. The van der Waals surface area contributed by atoms with Crippen molar-refractivity contribution in [2.45, 2.75) is 55.9 Å². The molecule has 170 valence electrons. The molecule has 0 bridgehead atoms. The van der Waals surface area contributed by atoms with Crippen molar-refractivity contribution in [1.29, 1.82) is 0 Å². The maximum atomic E-state index is 12.8. The Bertz CT molecular complexity index is 1020. The molecule has 10 heteroatoms. The van der Waals surface area contributed by atoms with Gasteiger partial charge in [-0.25, -0.2) is 4.79 Å². The summed E-state index contributed by atoms with van der Waals surface area (Å²) in [6.45, 7) is 3.47. The largest absolute Gasteiger partial charge is 0.497 e. The number of hydrogen-bond acceptors (Lipinski definition) is 8. The number of hydrogen-bond donors (Lipinski definition) is 1. The summed E-state index contributed by atoms with van der Waals surface area (Å²) in [4.78, 5) is 17.9. The first-order valence-electron chi connectivity index (χ1n) is 10.9. The van der Waals surface area contributed by atoms with E-state index in [2.05, 4.69) is 21.0 Å². The fourth-order valence-electron chi connectivity index (χ4n) is 5.63. The summed E-state index contributed by atoms with van der Waals surface area (Å²) in [5.74, 6) is 0.900. The molecule has 1 spiro atoms. The van der Waals surface area contributed by atoms with Crippen molar-refractivity contribution in [3.05, 3.63) is 45.5 Å². The summed E-state index contributed by atoms with van der Waals surface area (Å²) < 4.78 is 22.8. The molecule has 3 aliphatic heterocycles. The summed E-state index contributed by atoms with van der Waals surface area (Å²) >= 11 is 0. The van der Waals surface area contributed by atoms with Crippen molar-refractivity contribution in [1.82, 2.24) is 4.90 Å². The maximum Gasteiger partial charge on any atom is 0.336 e. The summed E-state index contributed by atoms with van der Waals surface area (Å²) in [6.07, 6.45) is 2.58. The predicted molar refractivity (Wildman–Crippen MR) is 112 cm³/mol. The van der Waals surface area contributed by atoms with Gasteiger partial charge in [0.15, 0.2) is 23.7 Å². The zero-order valence-electron chi connectivity index (χ0n) is 18.1. The zero-order valence-corrected chi connectivity index (χ0v) is 18.1. The topological polar surface area (TPSA) is 126 Å². The first-order chi connectivity index (χ1) is 15.5. The van der Waals surface area contributed by atoms with E-state index in [0.717, 1.165) is 49.2 Å². The summed E-state index contributed by atoms with van der Waals surface area (Å²) in [6, 6.07) is 3.07. The molecule has 1 N–H and O–H groups in total. The van der Waals surface area contributed by atoms with Crippen molar-refractivity contribution in [2.75, 3.05) is 27.0 Å². The Morgan fingerprint density at radius 1 is 1.38 bits per heavy atom. The van der Waals surface area contributed by atoms with Crippen LogP contribution < -0.4 is 9.47 Å². The molecule has 1 aromatic rings. The van der Waals surface area contributed by atoms with Gasteiger partial charge in [-0.2, -0.15) is 0 Å². The van der Waals surface area contributed by atoms with E-state index in [1.165, 1.54) is 6.92 Å². The lowest BCUT2D eigenvalue weighted by Gasteiger charge is -2.39. The lowest BCUT2D eigenvalue weighted by Crippen LogP contribution is -2.48. The molecule has 32 heavy (non-hydrogen) atoms. The van der Waals surface area contributed by atoms with Crippen LogP contribution in [0.1, 0.15) is 36.8 Å². The van der Waals surface area contributed by atoms with E-state index in [1.807, 2.05) is 12.1 Å². The van der Waals surface area contributed by atoms with Crippen LogP contribution in [0.25, 0.3) is 10.4 Å². The molecular weight excluding hydrogens is 416 g/mol. The number of aliphatic hydroxyl groups excluding tert-OH is 1. The highest BCUT2D eigenvalue weighted by Gasteiger charge is 2.58. The Labute approximate surface area is 185 Å². The van der Waals surface area contributed by atoms with Gasteiger partial charge in [0, 0.05) is 11.5 Å². The molecule has 4 aliphatic rings. The summed E-state index contributed by atoms with van der Waals surface area (Å²) in [5.41, 5.74) is 10.5. The molecule has 1 saturated heterocycles. The number of methoxy groups -OCH3 is 1. The molecule has 0 saturated carbocycles. The van der Waals surface area contributed by atoms with Crippen LogP contribution in [0, 0.1) is 0 Å². The Morgan fingerprint density at radius 3 is 2.91 bits per heavy atom. The van der Waals surface area contributed by atoms with Gasteiger partial charge in [0.2, 0.25) is 6.79 Å². The summed E-state index contributed by atoms with van der Waals surface area (Å²) in [5, 5.41) is 13.8. The highest BCUT2D eigenvalue weighted by molar-refractivity contribution is 5.76. The van der Waals surface area contributed by atoms with E-state index in [4.69, 9.17) is 24.5 Å². The van der Waals surface area contributed by atoms with Gasteiger partial charge in [-0.1, -0.05) is 12.0 Å². The first-order valence-corrected chi connectivity index (χ1v) is 10.9. The van der Waals surface area contributed by atoms with Gasteiger partial charge < -0.3 is 24.1 Å². The second-order valence-corrected chi connectivity index (χ2v) is 8.71. The molecule has 0 amide bonds. The second kappa shape index (κ2) is 7.88. The third-order valence-electron chi connectivity index (χ3n) is 7.14. The maximum absolute atomic E-state index is 12.8. The van der Waals surface area contributed by atoms with Crippen LogP contribution in [-0.2, 0) is 20.7 Å². The normalized spacial score (nSPS) is 29.5. The van der Waals surface area contributed by atoms with Crippen LogP contribution in [0.2, 0.25) is 0 Å². The summed E-state index contributed by atoms with van der Waals surface area (Å²) in [7, 11) is 1.56. The SMILES string of the molecule is COC1=C[C@]23CCCN2CCc2cc4c(cc2[C@@H]3C1OC(=O)C(O)C(C)N=[N+]=[N-])OCO4. The fourth-order valence-corrected chi connectivity index (χ4v) is 5.63. The fraction of sp³-hybridized carbons (Fsp3) is 0.591. The number of carbonyl (C=O) groups excluding carboxylic acids is 1. The zero-order chi connectivity index (χ0) is 22.5. The van der Waals surface area contributed by atoms with Crippen LogP contribution in [-0.4, -0.2) is 66.8 Å². The lowest BCUT2D eigenvalue weighted by atomic mass is 9.77. The van der Waals surface area contributed by atoms with Gasteiger partial charge in [0.1, 0.15) is 5.76 Å². The quantitative estimate of drug-likeness (QED) is 0.321. The average Bonchev–Trinajstić information content (AvgIpc) is 3.47. The number of ether oxygens (including phenoxy) is 4. The Morgan fingerprint density at radius 2 is 2.16 bits per heavy atom. The monoisotopic (exact) mass is 442 g/mol. The van der Waals surface area contributed by atoms with E-state index in [-0.39, 0.29) is 18.2 Å². The first kappa shape index (κ1) is 20.9. The van der Waals surface area contributed by atoms with Crippen molar-refractivity contribution in [2.24, 2.45) is 5.11 Å². The molecule has 0 radical (unpaired) electrons. The van der Waals surface area contributed by atoms with E-state index in [9.17, 15) is 9.90 Å². The van der Waals surface area contributed by atoms with E-state index in [1.54, 1.807) is 7.11 Å². The highest BCUT2D eigenvalue weighted by Crippen LogP contribution is 2.55. The number of rotatable bonds is 5. The Balaban J connectivity index is 1.57. The third-order valence-corrected chi connectivity index (χ3v) is 7.14. The van der Waals surface area contributed by atoms with Gasteiger partial charge in [-0.05, 0) is 60.7 Å². The lowest BCUT2D eigenvalue weighted by molar-refractivity contribution is -0.161. The molecule has 5 atom stereocenters. The minimum Gasteiger partial charge on any atom is -0.497 e. The molecule has 5 rings (SSSR count). The molecule has 0 aromatic heterocycles. The third kappa shape index (κ3) is 3.09. The van der Waals surface area contributed by atoms with Crippen molar-refractivity contribution >= 4 is 5.97 Å². The number of nitrogens with zero attached hydrogens (tertiary/aromatic N) is 4. The molecule has 1 fully saturated rings. The standard InChI is InChI=1S/C22H26N4O6/c1-12(24-25-23)19(27)21(28)32-20-17(29-2)10-22-5-3-6-26(22)7-4-13-8-15-16(31-11-30-15)9-14(13)18(20)22/h8-10,12,18-20,27H,3-7,11H2,1-2H3/t12?,18-,19?,20?,22+/m1/s1. The second-order valence-electron chi connectivity index (χ2n) is 8.71. The van der Waals surface area contributed by atoms with Gasteiger partial charge in [0.05, 0.1) is 24.6 Å². The van der Waals surface area contributed by atoms with Gasteiger partial charge in [0.25, 0.3) is 0 Å². The molecule has 3 unspecified atom stereocenters. The number of esters is 1. The molecule has 3 heterocycles. The molecular formula is C22H26N4O6. The number of carbonyl (C=O) groups is 1. The molecule has 1 aromatic carbocycles. The molecule has 1 aliphatic carbocycles. The smallest absolute Gasteiger partial charge is 0.336 e. The van der Waals surface area contributed by atoms with Crippen LogP contribution in [0.5, 0.6) is 11.5 Å². The van der Waals surface area contributed by atoms with Gasteiger partial charge in [-0.15, -0.1) is 0 Å². The Kier molecular flexibility index (Phi) is 5.16. The predicted octanol–water partition coefficient (Wildman–Crippen LogP) is 2.41. The van der Waals surface area contributed by atoms with Gasteiger partial charge in [-0.3, -0.25) is 4.90 Å².